The molecule has 1 N–H and O–H groups in total. The average Bonchev–Trinajstić information content (AvgIpc) is 3.18. The summed E-state index contributed by atoms with van der Waals surface area (Å²) in [6.45, 7) is 4.49. The summed E-state index contributed by atoms with van der Waals surface area (Å²) in [5, 5.41) is 9.65. The minimum Gasteiger partial charge on any atom is -0.478 e. The minimum absolute atomic E-state index is 0.0525. The van der Waals surface area contributed by atoms with Crippen molar-refractivity contribution < 1.29 is 14.7 Å². The average molecular weight is 483 g/mol. The summed E-state index contributed by atoms with van der Waals surface area (Å²) in [4.78, 5) is 25.4. The predicted molar refractivity (Wildman–Crippen MR) is 147 cm³/mol. The molecule has 0 radical (unpaired) electrons. The van der Waals surface area contributed by atoms with E-state index in [0.29, 0.717) is 5.56 Å². The molecule has 0 unspecified atom stereocenters. The summed E-state index contributed by atoms with van der Waals surface area (Å²) in [7, 11) is 0. The van der Waals surface area contributed by atoms with Gasteiger partial charge in [0.15, 0.2) is 5.78 Å². The number of benzene rings is 3. The highest BCUT2D eigenvalue weighted by molar-refractivity contribution is 6.14. The molecule has 0 heterocycles. The number of carboxylic acids is 1. The van der Waals surface area contributed by atoms with Crippen LogP contribution >= 0.6 is 0 Å². The van der Waals surface area contributed by atoms with Crippen molar-refractivity contribution >= 4 is 11.8 Å². The Morgan fingerprint density at radius 3 is 1.89 bits per heavy atom. The molecule has 0 atom stereocenters. The maximum atomic E-state index is 13.6. The van der Waals surface area contributed by atoms with E-state index in [1.165, 1.54) is 66.8 Å². The van der Waals surface area contributed by atoms with Gasteiger partial charge in [-0.05, 0) is 47.2 Å². The summed E-state index contributed by atoms with van der Waals surface area (Å²) in [5.41, 5.74) is 5.91. The van der Waals surface area contributed by atoms with Gasteiger partial charge in [-0.25, -0.2) is 4.79 Å². The van der Waals surface area contributed by atoms with Crippen LogP contribution in [-0.4, -0.2) is 16.9 Å². The maximum Gasteiger partial charge on any atom is 0.336 e. The molecule has 3 heteroatoms. The molecule has 0 fully saturated rings. The lowest BCUT2D eigenvalue weighted by molar-refractivity contribution is 0.0692. The standard InChI is InChI=1S/C33H38O3/c1-3-5-7-13-21-33(22-14-8-6-4-2)29-18-12-11-15-25(29)26-20-19-24(23-30(26)33)31(34)27-16-9-10-17-28(27)32(35)36/h9-12,15-20,23H,3-8,13-14,21-22H2,1-2H3,(H,35,36). The molecule has 0 aromatic heterocycles. The number of fused-ring (bicyclic) bond motifs is 3. The fourth-order valence-corrected chi connectivity index (χ4v) is 5.99. The van der Waals surface area contributed by atoms with E-state index in [1.807, 2.05) is 6.07 Å². The Labute approximate surface area is 215 Å². The Balaban J connectivity index is 1.80. The number of ketones is 1. The number of carboxylic acid groups (broad SMARTS) is 1. The molecular weight excluding hydrogens is 444 g/mol. The second kappa shape index (κ2) is 11.7. The van der Waals surface area contributed by atoms with E-state index in [1.54, 1.807) is 18.2 Å². The van der Waals surface area contributed by atoms with E-state index in [-0.39, 0.29) is 22.3 Å². The van der Waals surface area contributed by atoms with Gasteiger partial charge in [0.1, 0.15) is 0 Å². The smallest absolute Gasteiger partial charge is 0.336 e. The number of hydrogen-bond acceptors (Lipinski definition) is 2. The van der Waals surface area contributed by atoms with Gasteiger partial charge in [0, 0.05) is 16.5 Å². The topological polar surface area (TPSA) is 54.4 Å². The second-order valence-electron chi connectivity index (χ2n) is 10.2. The van der Waals surface area contributed by atoms with Gasteiger partial charge < -0.3 is 5.11 Å². The summed E-state index contributed by atoms with van der Waals surface area (Å²) in [6.07, 6.45) is 11.8. The van der Waals surface area contributed by atoms with E-state index in [9.17, 15) is 14.7 Å². The van der Waals surface area contributed by atoms with Crippen LogP contribution in [0.25, 0.3) is 11.1 Å². The third-order valence-corrected chi connectivity index (χ3v) is 7.85. The van der Waals surface area contributed by atoms with Crippen molar-refractivity contribution in [3.8, 4) is 11.1 Å². The van der Waals surface area contributed by atoms with E-state index in [2.05, 4.69) is 50.2 Å². The minimum atomic E-state index is -1.08. The van der Waals surface area contributed by atoms with E-state index in [0.717, 1.165) is 25.7 Å². The van der Waals surface area contributed by atoms with Crippen molar-refractivity contribution in [2.45, 2.75) is 83.5 Å². The fraction of sp³-hybridized carbons (Fsp3) is 0.394. The van der Waals surface area contributed by atoms with Crippen LogP contribution in [-0.2, 0) is 5.41 Å². The first-order chi connectivity index (χ1) is 17.5. The van der Waals surface area contributed by atoms with Crippen molar-refractivity contribution in [2.75, 3.05) is 0 Å². The van der Waals surface area contributed by atoms with Gasteiger partial charge in [0.25, 0.3) is 0 Å². The molecule has 0 bridgehead atoms. The van der Waals surface area contributed by atoms with Crippen LogP contribution in [0.5, 0.6) is 0 Å². The first kappa shape index (κ1) is 25.9. The summed E-state index contributed by atoms with van der Waals surface area (Å²) >= 11 is 0. The molecule has 0 aliphatic heterocycles. The molecule has 188 valence electrons. The van der Waals surface area contributed by atoms with Crippen LogP contribution in [0.1, 0.15) is 115 Å². The molecule has 0 saturated heterocycles. The van der Waals surface area contributed by atoms with Crippen molar-refractivity contribution in [3.63, 3.8) is 0 Å². The molecule has 36 heavy (non-hydrogen) atoms. The first-order valence-corrected chi connectivity index (χ1v) is 13.6. The SMILES string of the molecule is CCCCCCC1(CCCCCC)c2ccccc2-c2ccc(C(=O)c3ccccc3C(=O)O)cc21. The van der Waals surface area contributed by atoms with Crippen LogP contribution in [0.2, 0.25) is 0 Å². The molecular formula is C33H38O3. The van der Waals surface area contributed by atoms with E-state index in [4.69, 9.17) is 0 Å². The lowest BCUT2D eigenvalue weighted by atomic mass is 9.70. The Kier molecular flexibility index (Phi) is 8.40. The normalized spacial score (nSPS) is 13.3. The third kappa shape index (κ3) is 5.02. The molecule has 0 spiro atoms. The van der Waals surface area contributed by atoms with Crippen molar-refractivity contribution in [1.82, 2.24) is 0 Å². The lowest BCUT2D eigenvalue weighted by Gasteiger charge is -2.33. The molecule has 0 amide bonds. The number of hydrogen-bond donors (Lipinski definition) is 1. The zero-order valence-corrected chi connectivity index (χ0v) is 21.7. The highest BCUT2D eigenvalue weighted by atomic mass is 16.4. The quantitative estimate of drug-likeness (QED) is 0.196. The van der Waals surface area contributed by atoms with Crippen LogP contribution in [0.4, 0.5) is 0 Å². The van der Waals surface area contributed by atoms with Gasteiger partial charge in [-0.3, -0.25) is 4.79 Å². The molecule has 1 aliphatic carbocycles. The zero-order chi connectivity index (χ0) is 25.5. The number of aromatic carboxylic acids is 1. The second-order valence-corrected chi connectivity index (χ2v) is 10.2. The fourth-order valence-electron chi connectivity index (χ4n) is 5.99. The summed E-state index contributed by atoms with van der Waals surface area (Å²) in [5.74, 6) is -1.30. The highest BCUT2D eigenvalue weighted by Crippen LogP contribution is 2.54. The summed E-state index contributed by atoms with van der Waals surface area (Å²) < 4.78 is 0. The van der Waals surface area contributed by atoms with Crippen molar-refractivity contribution in [3.05, 3.63) is 94.5 Å². The number of carbonyl (C=O) groups excluding carboxylic acids is 1. The van der Waals surface area contributed by atoms with Gasteiger partial charge >= 0.3 is 5.97 Å². The number of rotatable bonds is 13. The van der Waals surface area contributed by atoms with E-state index < -0.39 is 5.97 Å². The molecule has 1 aliphatic rings. The van der Waals surface area contributed by atoms with Gasteiger partial charge in [0.05, 0.1) is 5.56 Å². The molecule has 4 rings (SSSR count). The van der Waals surface area contributed by atoms with Crippen LogP contribution in [0, 0.1) is 0 Å². The summed E-state index contributed by atoms with van der Waals surface area (Å²) in [6, 6.07) is 21.3. The number of unbranched alkanes of at least 4 members (excludes halogenated alkanes) is 6. The van der Waals surface area contributed by atoms with Crippen LogP contribution in [0.15, 0.2) is 66.7 Å². The van der Waals surface area contributed by atoms with Crippen LogP contribution in [0.3, 0.4) is 0 Å². The Morgan fingerprint density at radius 1 is 0.667 bits per heavy atom. The van der Waals surface area contributed by atoms with E-state index >= 15 is 0 Å². The zero-order valence-electron chi connectivity index (χ0n) is 21.7. The first-order valence-electron chi connectivity index (χ1n) is 13.6. The molecule has 3 aromatic carbocycles. The highest BCUT2D eigenvalue weighted by Gasteiger charge is 2.42. The molecule has 3 nitrogen and oxygen atoms in total. The monoisotopic (exact) mass is 482 g/mol. The third-order valence-electron chi connectivity index (χ3n) is 7.85. The maximum absolute atomic E-state index is 13.6. The van der Waals surface area contributed by atoms with Crippen molar-refractivity contribution in [1.29, 1.82) is 0 Å². The lowest BCUT2D eigenvalue weighted by Crippen LogP contribution is -2.26. The molecule has 3 aromatic rings. The van der Waals surface area contributed by atoms with Gasteiger partial charge in [-0.15, -0.1) is 0 Å². The molecule has 0 saturated carbocycles. The number of carbonyl (C=O) groups is 2. The van der Waals surface area contributed by atoms with Gasteiger partial charge in [0.2, 0.25) is 0 Å². The van der Waals surface area contributed by atoms with Gasteiger partial charge in [-0.1, -0.05) is 120 Å². The Hall–Kier alpha value is -3.20. The Bertz CT molecular complexity index is 1210. The largest absolute Gasteiger partial charge is 0.478 e. The van der Waals surface area contributed by atoms with Crippen LogP contribution < -0.4 is 0 Å². The van der Waals surface area contributed by atoms with Crippen molar-refractivity contribution in [2.24, 2.45) is 0 Å². The predicted octanol–water partition coefficient (Wildman–Crippen LogP) is 8.82. The van der Waals surface area contributed by atoms with Gasteiger partial charge in [-0.2, -0.15) is 0 Å². The Morgan fingerprint density at radius 2 is 1.25 bits per heavy atom.